The van der Waals surface area contributed by atoms with E-state index in [4.69, 9.17) is 9.47 Å². The Morgan fingerprint density at radius 1 is 1.40 bits per heavy atom. The van der Waals surface area contributed by atoms with Gasteiger partial charge in [-0.05, 0) is 47.5 Å². The predicted molar refractivity (Wildman–Crippen MR) is 109 cm³/mol. The van der Waals surface area contributed by atoms with Gasteiger partial charge < -0.3 is 24.4 Å². The van der Waals surface area contributed by atoms with Crippen LogP contribution < -0.4 is 0 Å². The zero-order valence-corrected chi connectivity index (χ0v) is 18.6. The van der Waals surface area contributed by atoms with E-state index in [1.165, 1.54) is 4.90 Å². The highest BCUT2D eigenvalue weighted by Crippen LogP contribution is 2.63. The highest BCUT2D eigenvalue weighted by atomic mass is 16.6. The van der Waals surface area contributed by atoms with Crippen molar-refractivity contribution in [2.75, 3.05) is 19.8 Å². The molecule has 2 unspecified atom stereocenters. The Morgan fingerprint density at radius 3 is 2.60 bits per heavy atom. The minimum atomic E-state index is -1.10. The number of carbonyl (C=O) groups excluding carboxylic acids is 3. The van der Waals surface area contributed by atoms with E-state index < -0.39 is 41.1 Å². The summed E-state index contributed by atoms with van der Waals surface area (Å²) in [5.41, 5.74) is -1.95. The van der Waals surface area contributed by atoms with Crippen molar-refractivity contribution in [2.24, 2.45) is 11.8 Å². The average Bonchev–Trinajstić information content (AvgIpc) is 3.25. The van der Waals surface area contributed by atoms with Gasteiger partial charge in [0, 0.05) is 12.6 Å². The van der Waals surface area contributed by atoms with Crippen LogP contribution in [0, 0.1) is 11.8 Å². The summed E-state index contributed by atoms with van der Waals surface area (Å²) in [4.78, 5) is 43.4. The van der Waals surface area contributed by atoms with Crippen molar-refractivity contribution in [2.45, 2.75) is 76.8 Å². The Bertz CT molecular complexity index is 739. The van der Waals surface area contributed by atoms with Crippen LogP contribution in [-0.4, -0.2) is 81.8 Å². The number of hydrogen-bond acceptors (Lipinski definition) is 6. The molecule has 3 heterocycles. The minimum absolute atomic E-state index is 0.109. The topological polar surface area (TPSA) is 96.4 Å². The van der Waals surface area contributed by atoms with E-state index in [0.717, 1.165) is 0 Å². The number of aliphatic hydroxyl groups excluding tert-OH is 1. The monoisotopic (exact) mass is 422 g/mol. The molecule has 3 rings (SSSR count). The highest BCUT2D eigenvalue weighted by Gasteiger charge is 2.78. The summed E-state index contributed by atoms with van der Waals surface area (Å²) in [6.45, 7) is 13.1. The zero-order chi connectivity index (χ0) is 22.4. The fourth-order valence-corrected chi connectivity index (χ4v) is 5.65. The van der Waals surface area contributed by atoms with Crippen molar-refractivity contribution in [1.82, 2.24) is 9.80 Å². The van der Waals surface area contributed by atoms with E-state index in [0.29, 0.717) is 19.4 Å². The van der Waals surface area contributed by atoms with Crippen LogP contribution in [0.4, 0.5) is 0 Å². The van der Waals surface area contributed by atoms with Gasteiger partial charge in [-0.2, -0.15) is 0 Å². The lowest BCUT2D eigenvalue weighted by molar-refractivity contribution is -0.161. The van der Waals surface area contributed by atoms with Crippen LogP contribution in [0.3, 0.4) is 0 Å². The van der Waals surface area contributed by atoms with Gasteiger partial charge in [0.15, 0.2) is 0 Å². The van der Waals surface area contributed by atoms with Gasteiger partial charge in [0.2, 0.25) is 11.8 Å². The third-order valence-corrected chi connectivity index (χ3v) is 6.96. The predicted octanol–water partition coefficient (Wildman–Crippen LogP) is 1.12. The molecule has 0 radical (unpaired) electrons. The Balaban J connectivity index is 2.11. The molecular formula is C22H34N2O6. The smallest absolute Gasteiger partial charge is 0.312 e. The molecule has 8 heteroatoms. The molecule has 3 aliphatic rings. The Labute approximate surface area is 178 Å². The first-order valence-corrected chi connectivity index (χ1v) is 10.8. The van der Waals surface area contributed by atoms with Gasteiger partial charge in [-0.25, -0.2) is 0 Å². The van der Waals surface area contributed by atoms with Crippen molar-refractivity contribution < 1.29 is 29.0 Å². The first kappa shape index (κ1) is 22.7. The molecule has 3 aliphatic heterocycles. The molecule has 2 amide bonds. The molecule has 168 valence electrons. The van der Waals surface area contributed by atoms with E-state index in [-0.39, 0.29) is 31.1 Å². The number of amides is 2. The number of carbonyl (C=O) groups is 3. The number of ether oxygens (including phenoxy) is 2. The van der Waals surface area contributed by atoms with Crippen LogP contribution in [0.2, 0.25) is 0 Å². The fraction of sp³-hybridized carbons (Fsp3) is 0.773. The summed E-state index contributed by atoms with van der Waals surface area (Å²) in [6, 6.07) is -1.59. The maximum Gasteiger partial charge on any atom is 0.312 e. The molecule has 0 aromatic rings. The fourth-order valence-electron chi connectivity index (χ4n) is 5.65. The van der Waals surface area contributed by atoms with Crippen molar-refractivity contribution in [3.8, 4) is 0 Å². The maximum atomic E-state index is 13.8. The number of hydrogen-bond donors (Lipinski definition) is 1. The number of esters is 1. The third-order valence-electron chi connectivity index (χ3n) is 6.96. The van der Waals surface area contributed by atoms with Crippen LogP contribution in [0.15, 0.2) is 12.7 Å². The molecule has 3 fully saturated rings. The van der Waals surface area contributed by atoms with Gasteiger partial charge >= 0.3 is 5.97 Å². The quantitative estimate of drug-likeness (QED) is 0.465. The number of aliphatic hydroxyl groups is 1. The second-order valence-electron chi connectivity index (χ2n) is 9.13. The zero-order valence-electron chi connectivity index (χ0n) is 18.6. The average molecular weight is 423 g/mol. The molecule has 1 spiro atoms. The van der Waals surface area contributed by atoms with Gasteiger partial charge in [0.05, 0.1) is 30.8 Å². The van der Waals surface area contributed by atoms with Gasteiger partial charge in [-0.3, -0.25) is 14.4 Å². The normalized spacial score (nSPS) is 35.5. The van der Waals surface area contributed by atoms with E-state index in [1.54, 1.807) is 24.8 Å². The maximum absolute atomic E-state index is 13.8. The van der Waals surface area contributed by atoms with Gasteiger partial charge in [-0.1, -0.05) is 6.08 Å². The lowest BCUT2D eigenvalue weighted by Crippen LogP contribution is -2.59. The summed E-state index contributed by atoms with van der Waals surface area (Å²) >= 11 is 0. The van der Waals surface area contributed by atoms with E-state index in [9.17, 15) is 19.5 Å². The molecular weight excluding hydrogens is 388 g/mol. The van der Waals surface area contributed by atoms with Crippen LogP contribution in [0.25, 0.3) is 0 Å². The SMILES string of the molecule is C=CCN(C(=O)C1N([C@H](C)CO)C(=O)[C@@H]2[C@H](C(=O)OCC)[C@]3(C)CCC12O3)C(C)C. The number of likely N-dealkylation sites (tertiary alicyclic amines) is 1. The molecule has 30 heavy (non-hydrogen) atoms. The Morgan fingerprint density at radius 2 is 2.07 bits per heavy atom. The molecule has 0 aromatic carbocycles. The largest absolute Gasteiger partial charge is 0.466 e. The molecule has 0 saturated carbocycles. The second-order valence-corrected chi connectivity index (χ2v) is 9.13. The number of rotatable bonds is 8. The van der Waals surface area contributed by atoms with Crippen molar-refractivity contribution in [3.05, 3.63) is 12.7 Å². The summed E-state index contributed by atoms with van der Waals surface area (Å²) in [5, 5.41) is 9.84. The summed E-state index contributed by atoms with van der Waals surface area (Å²) in [5.74, 6) is -2.59. The lowest BCUT2D eigenvalue weighted by Gasteiger charge is -2.39. The second kappa shape index (κ2) is 7.96. The van der Waals surface area contributed by atoms with E-state index in [2.05, 4.69) is 6.58 Å². The van der Waals surface area contributed by atoms with Gasteiger partial charge in [0.1, 0.15) is 17.6 Å². The first-order chi connectivity index (χ1) is 14.1. The van der Waals surface area contributed by atoms with Crippen molar-refractivity contribution in [1.29, 1.82) is 0 Å². The third kappa shape index (κ3) is 3.07. The Kier molecular flexibility index (Phi) is 6.04. The standard InChI is InChI=1S/C22H34N2O6/c1-7-11-23(13(3)4)19(27)17-22-10-9-21(6,30-22)16(20(28)29-8-2)15(22)18(26)24(17)14(5)12-25/h7,13-17,25H,1,8-12H2,2-6H3/t14-,15+,16-,17?,21+,22?/m1/s1. The molecule has 0 aliphatic carbocycles. The van der Waals surface area contributed by atoms with Gasteiger partial charge in [-0.15, -0.1) is 6.58 Å². The van der Waals surface area contributed by atoms with Crippen LogP contribution in [0.5, 0.6) is 0 Å². The minimum Gasteiger partial charge on any atom is -0.466 e. The number of nitrogens with zero attached hydrogens (tertiary/aromatic N) is 2. The summed E-state index contributed by atoms with van der Waals surface area (Å²) in [6.07, 6.45) is 2.72. The first-order valence-electron chi connectivity index (χ1n) is 10.8. The molecule has 1 N–H and O–H groups in total. The lowest BCUT2D eigenvalue weighted by atomic mass is 9.66. The van der Waals surface area contributed by atoms with Crippen LogP contribution >= 0.6 is 0 Å². The van der Waals surface area contributed by atoms with Gasteiger partial charge in [0.25, 0.3) is 0 Å². The van der Waals surface area contributed by atoms with Crippen LogP contribution in [-0.2, 0) is 23.9 Å². The van der Waals surface area contributed by atoms with Crippen molar-refractivity contribution in [3.63, 3.8) is 0 Å². The highest BCUT2D eigenvalue weighted by molar-refractivity contribution is 5.98. The summed E-state index contributed by atoms with van der Waals surface area (Å²) < 4.78 is 11.8. The molecule has 0 aromatic heterocycles. The molecule has 6 atom stereocenters. The van der Waals surface area contributed by atoms with Crippen LogP contribution in [0.1, 0.15) is 47.5 Å². The van der Waals surface area contributed by atoms with E-state index in [1.807, 2.05) is 20.8 Å². The molecule has 8 nitrogen and oxygen atoms in total. The number of fused-ring (bicyclic) bond motifs is 1. The van der Waals surface area contributed by atoms with Crippen molar-refractivity contribution >= 4 is 17.8 Å². The molecule has 3 saturated heterocycles. The van der Waals surface area contributed by atoms with E-state index >= 15 is 0 Å². The Hall–Kier alpha value is -1.93. The summed E-state index contributed by atoms with van der Waals surface area (Å²) in [7, 11) is 0. The molecule has 2 bridgehead atoms.